The Labute approximate surface area is 83.6 Å². The summed E-state index contributed by atoms with van der Waals surface area (Å²) in [5, 5.41) is 0. The van der Waals surface area contributed by atoms with Crippen molar-refractivity contribution in [3.05, 3.63) is 29.3 Å². The lowest BCUT2D eigenvalue weighted by Gasteiger charge is -2.08. The molecule has 0 aromatic heterocycles. The van der Waals surface area contributed by atoms with Gasteiger partial charge in [-0.2, -0.15) is 0 Å². The first-order valence-electron chi connectivity index (χ1n) is 4.43. The molecule has 76 valence electrons. The van der Waals surface area contributed by atoms with Crippen molar-refractivity contribution in [2.75, 3.05) is 13.9 Å². The highest BCUT2D eigenvalue weighted by molar-refractivity contribution is 5.56. The molecule has 0 bridgehead atoms. The molecular formula is C11H14O3. The molecule has 0 saturated carbocycles. The lowest BCUT2D eigenvalue weighted by atomic mass is 10.1. The molecule has 0 radical (unpaired) electrons. The molecule has 0 N–H and O–H groups in total. The number of ether oxygens (including phenoxy) is 2. The second-order valence-electron chi connectivity index (χ2n) is 3.02. The Bertz CT molecular complexity index is 307. The van der Waals surface area contributed by atoms with Crippen molar-refractivity contribution in [1.82, 2.24) is 0 Å². The van der Waals surface area contributed by atoms with E-state index in [1.54, 1.807) is 7.11 Å². The van der Waals surface area contributed by atoms with Crippen molar-refractivity contribution >= 4 is 6.29 Å². The Morgan fingerprint density at radius 3 is 2.86 bits per heavy atom. The molecule has 0 fully saturated rings. The minimum atomic E-state index is 0.228. The van der Waals surface area contributed by atoms with Crippen LogP contribution >= 0.6 is 0 Å². The minimum absolute atomic E-state index is 0.228. The van der Waals surface area contributed by atoms with Crippen LogP contribution in [0.4, 0.5) is 0 Å². The fraction of sp³-hybridized carbons (Fsp3) is 0.364. The Kier molecular flexibility index (Phi) is 4.13. The fourth-order valence-electron chi connectivity index (χ4n) is 1.15. The van der Waals surface area contributed by atoms with Gasteiger partial charge in [-0.05, 0) is 24.1 Å². The van der Waals surface area contributed by atoms with Crippen LogP contribution in [0.3, 0.4) is 0 Å². The Morgan fingerprint density at radius 2 is 2.21 bits per heavy atom. The summed E-state index contributed by atoms with van der Waals surface area (Å²) in [5.74, 6) is 0.770. The van der Waals surface area contributed by atoms with Gasteiger partial charge in [0.05, 0.1) is 0 Å². The average molecular weight is 194 g/mol. The highest BCUT2D eigenvalue weighted by Gasteiger charge is 2.00. The van der Waals surface area contributed by atoms with Crippen molar-refractivity contribution in [1.29, 1.82) is 0 Å². The van der Waals surface area contributed by atoms with Crippen LogP contribution in [0.25, 0.3) is 0 Å². The lowest BCUT2D eigenvalue weighted by Crippen LogP contribution is -2.01. The zero-order valence-electron chi connectivity index (χ0n) is 8.45. The summed E-state index contributed by atoms with van der Waals surface area (Å²) < 4.78 is 10.1. The van der Waals surface area contributed by atoms with Gasteiger partial charge in [0.2, 0.25) is 0 Å². The van der Waals surface area contributed by atoms with Crippen LogP contribution in [0.2, 0.25) is 0 Å². The van der Waals surface area contributed by atoms with Crippen LogP contribution in [0.15, 0.2) is 18.2 Å². The molecule has 0 unspecified atom stereocenters. The van der Waals surface area contributed by atoms with Crippen molar-refractivity contribution in [2.45, 2.75) is 13.3 Å². The molecule has 0 aliphatic heterocycles. The number of hydrogen-bond donors (Lipinski definition) is 0. The maximum atomic E-state index is 10.3. The Morgan fingerprint density at radius 1 is 1.43 bits per heavy atom. The van der Waals surface area contributed by atoms with Gasteiger partial charge >= 0.3 is 0 Å². The summed E-state index contributed by atoms with van der Waals surface area (Å²) >= 11 is 0. The quantitative estimate of drug-likeness (QED) is 0.529. The molecule has 0 spiro atoms. The molecule has 0 atom stereocenters. The summed E-state index contributed by atoms with van der Waals surface area (Å²) in [5.41, 5.74) is 1.99. The number of aryl methyl sites for hydroxylation is 1. The number of hydrogen-bond acceptors (Lipinski definition) is 3. The molecule has 0 saturated heterocycles. The first-order valence-corrected chi connectivity index (χ1v) is 4.43. The van der Waals surface area contributed by atoms with Gasteiger partial charge in [-0.1, -0.05) is 12.1 Å². The van der Waals surface area contributed by atoms with Gasteiger partial charge in [0.1, 0.15) is 12.0 Å². The van der Waals surface area contributed by atoms with Crippen LogP contribution in [0.5, 0.6) is 5.75 Å². The van der Waals surface area contributed by atoms with E-state index in [0.29, 0.717) is 6.42 Å². The second kappa shape index (κ2) is 5.40. The van der Waals surface area contributed by atoms with E-state index in [-0.39, 0.29) is 6.79 Å². The summed E-state index contributed by atoms with van der Waals surface area (Å²) in [6.07, 6.45) is 1.30. The first kappa shape index (κ1) is 10.7. The van der Waals surface area contributed by atoms with Crippen LogP contribution in [0, 0.1) is 6.92 Å². The highest BCUT2D eigenvalue weighted by Crippen LogP contribution is 2.19. The van der Waals surface area contributed by atoms with E-state index < -0.39 is 0 Å². The predicted molar refractivity (Wildman–Crippen MR) is 53.5 cm³/mol. The molecule has 0 amide bonds. The topological polar surface area (TPSA) is 35.5 Å². The van der Waals surface area contributed by atoms with Gasteiger partial charge in [-0.15, -0.1) is 0 Å². The van der Waals surface area contributed by atoms with E-state index in [1.807, 2.05) is 25.1 Å². The first-order chi connectivity index (χ1) is 6.77. The molecule has 1 rings (SSSR count). The third-order valence-corrected chi connectivity index (χ3v) is 1.90. The monoisotopic (exact) mass is 194 g/mol. The number of methoxy groups -OCH3 is 1. The maximum Gasteiger partial charge on any atom is 0.188 e. The fourth-order valence-corrected chi connectivity index (χ4v) is 1.15. The van der Waals surface area contributed by atoms with Crippen LogP contribution in [-0.2, 0) is 16.0 Å². The third-order valence-electron chi connectivity index (χ3n) is 1.90. The van der Waals surface area contributed by atoms with E-state index in [4.69, 9.17) is 9.47 Å². The number of rotatable bonds is 5. The van der Waals surface area contributed by atoms with Crippen LogP contribution < -0.4 is 4.74 Å². The SMILES string of the molecule is COCOc1cc(CC=O)ccc1C. The van der Waals surface area contributed by atoms with Gasteiger partial charge in [0.25, 0.3) is 0 Å². The number of aldehydes is 1. The highest BCUT2D eigenvalue weighted by atomic mass is 16.7. The standard InChI is InChI=1S/C11H14O3/c1-9-3-4-10(5-6-12)7-11(9)14-8-13-2/h3-4,6-7H,5,8H2,1-2H3. The van der Waals surface area contributed by atoms with Gasteiger partial charge < -0.3 is 14.3 Å². The summed E-state index contributed by atoms with van der Waals surface area (Å²) in [4.78, 5) is 10.3. The molecule has 14 heavy (non-hydrogen) atoms. The van der Waals surface area contributed by atoms with E-state index in [9.17, 15) is 4.79 Å². The largest absolute Gasteiger partial charge is 0.467 e. The molecule has 1 aromatic carbocycles. The molecule has 0 aliphatic carbocycles. The van der Waals surface area contributed by atoms with Gasteiger partial charge in [0, 0.05) is 13.5 Å². The molecule has 3 heteroatoms. The van der Waals surface area contributed by atoms with Crippen molar-refractivity contribution < 1.29 is 14.3 Å². The number of benzene rings is 1. The number of carbonyl (C=O) groups excluding carboxylic acids is 1. The second-order valence-corrected chi connectivity index (χ2v) is 3.02. The summed E-state index contributed by atoms with van der Waals surface area (Å²) in [7, 11) is 1.57. The predicted octanol–water partition coefficient (Wildman–Crippen LogP) is 1.72. The Balaban J connectivity index is 2.78. The third kappa shape index (κ3) is 2.85. The van der Waals surface area contributed by atoms with Gasteiger partial charge in [-0.3, -0.25) is 0 Å². The normalized spacial score (nSPS) is 9.86. The molecule has 0 heterocycles. The zero-order valence-corrected chi connectivity index (χ0v) is 8.45. The minimum Gasteiger partial charge on any atom is -0.467 e. The maximum absolute atomic E-state index is 10.3. The van der Waals surface area contributed by atoms with Crippen LogP contribution in [0.1, 0.15) is 11.1 Å². The van der Waals surface area contributed by atoms with Crippen molar-refractivity contribution in [3.63, 3.8) is 0 Å². The molecule has 1 aromatic rings. The van der Waals surface area contributed by atoms with E-state index >= 15 is 0 Å². The summed E-state index contributed by atoms with van der Waals surface area (Å²) in [6, 6.07) is 5.72. The summed E-state index contributed by atoms with van der Waals surface area (Å²) in [6.45, 7) is 2.18. The number of carbonyl (C=O) groups is 1. The van der Waals surface area contributed by atoms with Gasteiger partial charge in [0.15, 0.2) is 6.79 Å². The molecular weight excluding hydrogens is 180 g/mol. The average Bonchev–Trinajstić information content (AvgIpc) is 2.19. The van der Waals surface area contributed by atoms with Gasteiger partial charge in [-0.25, -0.2) is 0 Å². The van der Waals surface area contributed by atoms with Crippen LogP contribution in [-0.4, -0.2) is 20.2 Å². The smallest absolute Gasteiger partial charge is 0.188 e. The van der Waals surface area contributed by atoms with E-state index in [2.05, 4.69) is 0 Å². The van der Waals surface area contributed by atoms with E-state index in [0.717, 1.165) is 23.2 Å². The van der Waals surface area contributed by atoms with Crippen molar-refractivity contribution in [3.8, 4) is 5.75 Å². The lowest BCUT2D eigenvalue weighted by molar-refractivity contribution is -0.107. The van der Waals surface area contributed by atoms with Crippen molar-refractivity contribution in [2.24, 2.45) is 0 Å². The Hall–Kier alpha value is -1.35. The molecule has 0 aliphatic rings. The van der Waals surface area contributed by atoms with E-state index in [1.165, 1.54) is 0 Å². The zero-order chi connectivity index (χ0) is 10.4. The molecule has 3 nitrogen and oxygen atoms in total.